The van der Waals surface area contributed by atoms with Crippen molar-refractivity contribution in [3.8, 4) is 28.8 Å². The standard InChI is InChI=1S/C19H20N4O5S/c1-2-23-18(15-4-3-8-26-15)21-22-19(23)29-11-17(24)20-7-9-25-13-5-6-14-16(10-13)28-12-27-14/h3-6,8,10H,2,7,9,11-12H2,1H3,(H,20,24). The number of aromatic nitrogens is 3. The van der Waals surface area contributed by atoms with Crippen molar-refractivity contribution in [1.29, 1.82) is 0 Å². The van der Waals surface area contributed by atoms with E-state index in [0.717, 1.165) is 0 Å². The van der Waals surface area contributed by atoms with Crippen molar-refractivity contribution in [1.82, 2.24) is 20.1 Å². The average molecular weight is 416 g/mol. The topological polar surface area (TPSA) is 101 Å². The number of benzene rings is 1. The lowest BCUT2D eigenvalue weighted by molar-refractivity contribution is -0.118. The van der Waals surface area contributed by atoms with E-state index < -0.39 is 0 Å². The zero-order valence-electron chi connectivity index (χ0n) is 15.8. The Balaban J connectivity index is 1.21. The monoisotopic (exact) mass is 416 g/mol. The normalized spacial score (nSPS) is 12.2. The van der Waals surface area contributed by atoms with Crippen LogP contribution >= 0.6 is 11.8 Å². The molecule has 1 aliphatic heterocycles. The molecule has 0 aliphatic carbocycles. The van der Waals surface area contributed by atoms with Gasteiger partial charge in [0.25, 0.3) is 0 Å². The first-order valence-corrected chi connectivity index (χ1v) is 10.1. The first-order chi connectivity index (χ1) is 14.2. The van der Waals surface area contributed by atoms with Crippen molar-refractivity contribution in [3.63, 3.8) is 0 Å². The molecule has 0 unspecified atom stereocenters. The van der Waals surface area contributed by atoms with E-state index in [4.69, 9.17) is 18.6 Å². The Kier molecular flexibility index (Phi) is 5.89. The van der Waals surface area contributed by atoms with Gasteiger partial charge >= 0.3 is 0 Å². The molecule has 9 nitrogen and oxygen atoms in total. The molecule has 1 aliphatic rings. The predicted octanol–water partition coefficient (Wildman–Crippen LogP) is 2.57. The lowest BCUT2D eigenvalue weighted by Gasteiger charge is -2.09. The number of hydrogen-bond donors (Lipinski definition) is 1. The lowest BCUT2D eigenvalue weighted by Crippen LogP contribution is -2.29. The summed E-state index contributed by atoms with van der Waals surface area (Å²) in [5.74, 6) is 3.47. The molecule has 1 amide bonds. The van der Waals surface area contributed by atoms with Crippen LogP contribution in [0, 0.1) is 0 Å². The molecular formula is C19H20N4O5S. The van der Waals surface area contributed by atoms with Gasteiger partial charge in [-0.1, -0.05) is 11.8 Å². The van der Waals surface area contributed by atoms with Gasteiger partial charge < -0.3 is 23.9 Å². The Morgan fingerprint density at radius 3 is 3.00 bits per heavy atom. The van der Waals surface area contributed by atoms with Crippen LogP contribution in [-0.2, 0) is 11.3 Å². The summed E-state index contributed by atoms with van der Waals surface area (Å²) in [4.78, 5) is 12.1. The summed E-state index contributed by atoms with van der Waals surface area (Å²) in [6, 6.07) is 9.01. The second kappa shape index (κ2) is 8.91. The van der Waals surface area contributed by atoms with Gasteiger partial charge in [0.1, 0.15) is 12.4 Å². The van der Waals surface area contributed by atoms with E-state index >= 15 is 0 Å². The van der Waals surface area contributed by atoms with Gasteiger partial charge in [0.2, 0.25) is 12.7 Å². The molecule has 1 aromatic carbocycles. The molecule has 0 bridgehead atoms. The van der Waals surface area contributed by atoms with Crippen molar-refractivity contribution in [2.45, 2.75) is 18.6 Å². The molecule has 0 saturated carbocycles. The minimum absolute atomic E-state index is 0.102. The zero-order chi connectivity index (χ0) is 20.1. The molecule has 29 heavy (non-hydrogen) atoms. The van der Waals surface area contributed by atoms with Crippen molar-refractivity contribution in [2.75, 3.05) is 25.7 Å². The Morgan fingerprint density at radius 2 is 2.17 bits per heavy atom. The molecule has 0 fully saturated rings. The van der Waals surface area contributed by atoms with E-state index in [1.165, 1.54) is 11.8 Å². The summed E-state index contributed by atoms with van der Waals surface area (Å²) in [6.07, 6.45) is 1.59. The first kappa shape index (κ1) is 19.2. The highest BCUT2D eigenvalue weighted by Crippen LogP contribution is 2.35. The maximum atomic E-state index is 12.1. The number of hydrogen-bond acceptors (Lipinski definition) is 8. The smallest absolute Gasteiger partial charge is 0.231 e. The number of amides is 1. The van der Waals surface area contributed by atoms with Gasteiger partial charge in [-0.15, -0.1) is 10.2 Å². The third-order valence-corrected chi connectivity index (χ3v) is 5.11. The van der Waals surface area contributed by atoms with Crippen LogP contribution < -0.4 is 19.5 Å². The quantitative estimate of drug-likeness (QED) is 0.420. The minimum Gasteiger partial charge on any atom is -0.492 e. The van der Waals surface area contributed by atoms with Crippen LogP contribution in [0.5, 0.6) is 17.2 Å². The predicted molar refractivity (Wildman–Crippen MR) is 105 cm³/mol. The van der Waals surface area contributed by atoms with Crippen molar-refractivity contribution >= 4 is 17.7 Å². The highest BCUT2D eigenvalue weighted by atomic mass is 32.2. The van der Waals surface area contributed by atoms with Crippen molar-refractivity contribution < 1.29 is 23.4 Å². The highest BCUT2D eigenvalue weighted by Gasteiger charge is 2.16. The van der Waals surface area contributed by atoms with Crippen LogP contribution in [0.15, 0.2) is 46.2 Å². The maximum absolute atomic E-state index is 12.1. The number of carbonyl (C=O) groups is 1. The highest BCUT2D eigenvalue weighted by molar-refractivity contribution is 7.99. The summed E-state index contributed by atoms with van der Waals surface area (Å²) >= 11 is 1.33. The number of nitrogens with zero attached hydrogens (tertiary/aromatic N) is 3. The van der Waals surface area contributed by atoms with Gasteiger partial charge in [0.05, 0.1) is 18.6 Å². The lowest BCUT2D eigenvalue weighted by atomic mass is 10.3. The number of fused-ring (bicyclic) bond motifs is 1. The number of nitrogens with one attached hydrogen (secondary N) is 1. The zero-order valence-corrected chi connectivity index (χ0v) is 16.6. The van der Waals surface area contributed by atoms with Crippen LogP contribution in [0.25, 0.3) is 11.6 Å². The number of ether oxygens (including phenoxy) is 3. The number of thioether (sulfide) groups is 1. The number of rotatable bonds is 9. The molecule has 3 heterocycles. The summed E-state index contributed by atoms with van der Waals surface area (Å²) in [5.41, 5.74) is 0. The first-order valence-electron chi connectivity index (χ1n) is 9.13. The van der Waals surface area contributed by atoms with Crippen LogP contribution in [0.3, 0.4) is 0 Å². The third kappa shape index (κ3) is 4.48. The average Bonchev–Trinajstić information content (AvgIpc) is 3.49. The van der Waals surface area contributed by atoms with Crippen LogP contribution in [0.4, 0.5) is 0 Å². The van der Waals surface area contributed by atoms with E-state index in [2.05, 4.69) is 15.5 Å². The molecular weight excluding hydrogens is 396 g/mol. The van der Waals surface area contributed by atoms with Crippen molar-refractivity contribution in [3.05, 3.63) is 36.6 Å². The van der Waals surface area contributed by atoms with Gasteiger partial charge in [0, 0.05) is 12.6 Å². The van der Waals surface area contributed by atoms with E-state index in [-0.39, 0.29) is 18.5 Å². The van der Waals surface area contributed by atoms with Gasteiger partial charge in [-0.25, -0.2) is 0 Å². The summed E-state index contributed by atoms with van der Waals surface area (Å²) in [5, 5.41) is 11.8. The van der Waals surface area contributed by atoms with Gasteiger partial charge in [-0.3, -0.25) is 9.36 Å². The fourth-order valence-corrected chi connectivity index (χ4v) is 3.61. The molecule has 4 rings (SSSR count). The second-order valence-electron chi connectivity index (χ2n) is 6.03. The van der Waals surface area contributed by atoms with Gasteiger partial charge in [-0.2, -0.15) is 0 Å². The molecule has 2 aromatic heterocycles. The molecule has 1 N–H and O–H groups in total. The minimum atomic E-state index is -0.102. The Bertz CT molecular complexity index is 973. The molecule has 0 atom stereocenters. The maximum Gasteiger partial charge on any atom is 0.231 e. The Hall–Kier alpha value is -3.14. The fraction of sp³-hybridized carbons (Fsp3) is 0.316. The second-order valence-corrected chi connectivity index (χ2v) is 6.97. The largest absolute Gasteiger partial charge is 0.492 e. The molecule has 0 radical (unpaired) electrons. The van der Waals surface area contributed by atoms with E-state index in [1.54, 1.807) is 30.5 Å². The summed E-state index contributed by atoms with van der Waals surface area (Å²) in [7, 11) is 0. The van der Waals surface area contributed by atoms with Gasteiger partial charge in [0.15, 0.2) is 28.2 Å². The fourth-order valence-electron chi connectivity index (χ4n) is 2.78. The molecule has 152 valence electrons. The molecule has 0 saturated heterocycles. The molecule has 0 spiro atoms. The third-order valence-electron chi connectivity index (χ3n) is 4.14. The van der Waals surface area contributed by atoms with E-state index in [0.29, 0.717) is 53.7 Å². The van der Waals surface area contributed by atoms with E-state index in [9.17, 15) is 4.79 Å². The molecule has 3 aromatic rings. The van der Waals surface area contributed by atoms with Gasteiger partial charge in [-0.05, 0) is 31.2 Å². The van der Waals surface area contributed by atoms with Crippen molar-refractivity contribution in [2.24, 2.45) is 0 Å². The Morgan fingerprint density at radius 1 is 1.28 bits per heavy atom. The van der Waals surface area contributed by atoms with E-state index in [1.807, 2.05) is 17.6 Å². The SMILES string of the molecule is CCn1c(SCC(=O)NCCOc2ccc3c(c2)OCO3)nnc1-c1ccco1. The number of furan rings is 1. The van der Waals surface area contributed by atoms with Crippen LogP contribution in [0.1, 0.15) is 6.92 Å². The van der Waals surface area contributed by atoms with Crippen LogP contribution in [0.2, 0.25) is 0 Å². The molecule has 10 heteroatoms. The summed E-state index contributed by atoms with van der Waals surface area (Å²) in [6.45, 7) is 3.64. The van der Waals surface area contributed by atoms with Crippen LogP contribution in [-0.4, -0.2) is 46.4 Å². The number of carbonyl (C=O) groups excluding carboxylic acids is 1. The summed E-state index contributed by atoms with van der Waals surface area (Å²) < 4.78 is 23.5. The Labute approximate surface area is 171 Å².